The topological polar surface area (TPSA) is 101 Å². The van der Waals surface area contributed by atoms with Crippen molar-refractivity contribution < 1.29 is 29.3 Å². The molecular formula is C21H20O6. The van der Waals surface area contributed by atoms with E-state index in [1.165, 1.54) is 12.1 Å². The van der Waals surface area contributed by atoms with Gasteiger partial charge in [0.05, 0.1) is 12.0 Å². The lowest BCUT2D eigenvalue weighted by Gasteiger charge is -2.29. The van der Waals surface area contributed by atoms with Gasteiger partial charge in [-0.2, -0.15) is 0 Å². The fraction of sp³-hybridized carbons (Fsp3) is 0.190. The van der Waals surface area contributed by atoms with Crippen LogP contribution in [-0.4, -0.2) is 28.1 Å². The summed E-state index contributed by atoms with van der Waals surface area (Å²) in [6.07, 6.45) is -0.704. The fourth-order valence-electron chi connectivity index (χ4n) is 2.72. The van der Waals surface area contributed by atoms with E-state index in [9.17, 15) is 24.6 Å². The molecule has 0 aliphatic rings. The van der Waals surface area contributed by atoms with Crippen molar-refractivity contribution in [2.45, 2.75) is 25.7 Å². The van der Waals surface area contributed by atoms with Crippen LogP contribution in [0, 0.1) is 13.8 Å². The lowest BCUT2D eigenvalue weighted by atomic mass is 9.72. The summed E-state index contributed by atoms with van der Waals surface area (Å²) in [7, 11) is 0. The van der Waals surface area contributed by atoms with Crippen LogP contribution < -0.4 is 4.74 Å². The normalized spacial score (nSPS) is 12.7. The highest BCUT2D eigenvalue weighted by Crippen LogP contribution is 2.36. The maximum Gasteiger partial charge on any atom is 0.332 e. The average molecular weight is 368 g/mol. The van der Waals surface area contributed by atoms with Crippen molar-refractivity contribution in [2.75, 3.05) is 0 Å². The number of carboxylic acid groups (broad SMARTS) is 2. The molecule has 1 atom stereocenters. The standard InChI is InChI=1S/C21H20O6/c1-13-4-8-16(9-5-13)21(20(25)26,15(3)19(23)24)12-18(22)27-17-10-6-14(2)7-11-17/h4-11H,3,12H2,1-2H3,(H,23,24)(H,25,26). The number of esters is 1. The molecule has 0 aliphatic heterocycles. The largest absolute Gasteiger partial charge is 0.480 e. The monoisotopic (exact) mass is 368 g/mol. The lowest BCUT2D eigenvalue weighted by Crippen LogP contribution is -2.43. The van der Waals surface area contributed by atoms with Crippen molar-refractivity contribution in [1.82, 2.24) is 0 Å². The van der Waals surface area contributed by atoms with E-state index in [4.69, 9.17) is 4.74 Å². The zero-order valence-electron chi connectivity index (χ0n) is 15.1. The Morgan fingerprint density at radius 1 is 0.926 bits per heavy atom. The number of ether oxygens (including phenoxy) is 1. The lowest BCUT2D eigenvalue weighted by molar-refractivity contribution is -0.149. The van der Waals surface area contributed by atoms with E-state index in [0.29, 0.717) is 0 Å². The van der Waals surface area contributed by atoms with Gasteiger partial charge in [-0.25, -0.2) is 4.79 Å². The molecule has 0 saturated carbocycles. The number of aliphatic carboxylic acids is 2. The summed E-state index contributed by atoms with van der Waals surface area (Å²) < 4.78 is 5.21. The van der Waals surface area contributed by atoms with Gasteiger partial charge in [0.15, 0.2) is 0 Å². The second-order valence-electron chi connectivity index (χ2n) is 6.32. The first-order valence-corrected chi connectivity index (χ1v) is 8.17. The Balaban J connectivity index is 2.44. The highest BCUT2D eigenvalue weighted by Gasteiger charge is 2.48. The highest BCUT2D eigenvalue weighted by molar-refractivity contribution is 6.02. The van der Waals surface area contributed by atoms with Gasteiger partial charge in [-0.1, -0.05) is 54.1 Å². The Labute approximate surface area is 156 Å². The summed E-state index contributed by atoms with van der Waals surface area (Å²) in [5.74, 6) is -3.61. The number of hydrogen-bond acceptors (Lipinski definition) is 4. The maximum absolute atomic E-state index is 12.5. The van der Waals surface area contributed by atoms with E-state index in [-0.39, 0.29) is 11.3 Å². The minimum Gasteiger partial charge on any atom is -0.480 e. The number of carbonyl (C=O) groups excluding carboxylic acids is 1. The number of hydrogen-bond donors (Lipinski definition) is 2. The minimum absolute atomic E-state index is 0.147. The van der Waals surface area contributed by atoms with Crippen LogP contribution in [0.5, 0.6) is 5.75 Å². The summed E-state index contributed by atoms with van der Waals surface area (Å²) in [5.41, 5.74) is -0.773. The smallest absolute Gasteiger partial charge is 0.332 e. The predicted molar refractivity (Wildman–Crippen MR) is 98.7 cm³/mol. The first-order chi connectivity index (χ1) is 12.7. The SMILES string of the molecule is C=C(C(=O)O)C(CC(=O)Oc1ccc(C)cc1)(C(=O)O)c1ccc(C)cc1. The molecule has 0 aliphatic carbocycles. The van der Waals surface area contributed by atoms with Crippen molar-refractivity contribution in [1.29, 1.82) is 0 Å². The van der Waals surface area contributed by atoms with E-state index < -0.39 is 35.3 Å². The van der Waals surface area contributed by atoms with Crippen LogP contribution >= 0.6 is 0 Å². The Morgan fingerprint density at radius 3 is 1.85 bits per heavy atom. The van der Waals surface area contributed by atoms with Crippen molar-refractivity contribution in [3.8, 4) is 5.75 Å². The molecule has 140 valence electrons. The van der Waals surface area contributed by atoms with E-state index in [0.717, 1.165) is 11.1 Å². The van der Waals surface area contributed by atoms with E-state index in [1.807, 2.05) is 13.8 Å². The van der Waals surface area contributed by atoms with Crippen LogP contribution in [-0.2, 0) is 19.8 Å². The molecule has 27 heavy (non-hydrogen) atoms. The van der Waals surface area contributed by atoms with Crippen LogP contribution in [0.15, 0.2) is 60.7 Å². The Kier molecular flexibility index (Phi) is 5.80. The zero-order valence-corrected chi connectivity index (χ0v) is 15.1. The van der Waals surface area contributed by atoms with E-state index >= 15 is 0 Å². The number of benzene rings is 2. The van der Waals surface area contributed by atoms with Gasteiger partial charge < -0.3 is 14.9 Å². The third-order valence-electron chi connectivity index (χ3n) is 4.34. The maximum atomic E-state index is 12.5. The summed E-state index contributed by atoms with van der Waals surface area (Å²) in [5, 5.41) is 19.3. The molecule has 6 nitrogen and oxygen atoms in total. The van der Waals surface area contributed by atoms with Crippen LogP contribution in [0.4, 0.5) is 0 Å². The average Bonchev–Trinajstić information content (AvgIpc) is 2.61. The van der Waals surface area contributed by atoms with Crippen molar-refractivity contribution in [3.05, 3.63) is 77.4 Å². The molecule has 0 fully saturated rings. The Bertz CT molecular complexity index is 880. The molecule has 0 radical (unpaired) electrons. The Morgan fingerprint density at radius 2 is 1.41 bits per heavy atom. The second kappa shape index (κ2) is 7.86. The molecule has 0 saturated heterocycles. The van der Waals surface area contributed by atoms with Crippen LogP contribution in [0.3, 0.4) is 0 Å². The third-order valence-corrected chi connectivity index (χ3v) is 4.34. The summed E-state index contributed by atoms with van der Waals surface area (Å²) in [4.78, 5) is 36.2. The molecule has 2 rings (SSSR count). The first-order valence-electron chi connectivity index (χ1n) is 8.17. The molecule has 0 aromatic heterocycles. The van der Waals surface area contributed by atoms with Crippen molar-refractivity contribution in [2.24, 2.45) is 0 Å². The summed E-state index contributed by atoms with van der Waals surface area (Å²) >= 11 is 0. The molecular weight excluding hydrogens is 348 g/mol. The van der Waals surface area contributed by atoms with Gasteiger partial charge in [0.1, 0.15) is 11.2 Å². The Hall–Kier alpha value is -3.41. The van der Waals surface area contributed by atoms with Crippen molar-refractivity contribution >= 4 is 17.9 Å². The molecule has 2 aromatic carbocycles. The third kappa shape index (κ3) is 4.23. The van der Waals surface area contributed by atoms with Gasteiger partial charge in [-0.05, 0) is 31.5 Å². The van der Waals surface area contributed by atoms with Gasteiger partial charge in [-0.15, -0.1) is 0 Å². The number of aryl methyl sites for hydroxylation is 2. The molecule has 6 heteroatoms. The quantitative estimate of drug-likeness (QED) is 0.442. The number of rotatable bonds is 7. The summed E-state index contributed by atoms with van der Waals surface area (Å²) in [6, 6.07) is 12.9. The second-order valence-corrected chi connectivity index (χ2v) is 6.32. The predicted octanol–water partition coefficient (Wildman–Crippen LogP) is 3.26. The molecule has 0 amide bonds. The van der Waals surface area contributed by atoms with Gasteiger partial charge >= 0.3 is 17.9 Å². The van der Waals surface area contributed by atoms with Crippen molar-refractivity contribution in [3.63, 3.8) is 0 Å². The molecule has 2 N–H and O–H groups in total. The summed E-state index contributed by atoms with van der Waals surface area (Å²) in [6.45, 7) is 7.11. The van der Waals surface area contributed by atoms with Gasteiger partial charge in [-0.3, -0.25) is 9.59 Å². The molecule has 0 bridgehead atoms. The molecule has 0 spiro atoms. The molecule has 2 aromatic rings. The highest BCUT2D eigenvalue weighted by atomic mass is 16.5. The molecule has 1 unspecified atom stereocenters. The van der Waals surface area contributed by atoms with Gasteiger partial charge in [0.25, 0.3) is 0 Å². The van der Waals surface area contributed by atoms with E-state index in [1.54, 1.807) is 36.4 Å². The molecule has 0 heterocycles. The van der Waals surface area contributed by atoms with Gasteiger partial charge in [0.2, 0.25) is 0 Å². The van der Waals surface area contributed by atoms with Crippen LogP contribution in [0.25, 0.3) is 0 Å². The van der Waals surface area contributed by atoms with E-state index in [2.05, 4.69) is 6.58 Å². The van der Waals surface area contributed by atoms with Gasteiger partial charge in [0, 0.05) is 0 Å². The number of carbonyl (C=O) groups is 3. The van der Waals surface area contributed by atoms with Crippen LogP contribution in [0.1, 0.15) is 23.1 Å². The minimum atomic E-state index is -2.14. The fourth-order valence-corrected chi connectivity index (χ4v) is 2.72. The first kappa shape index (κ1) is 19.9. The van der Waals surface area contributed by atoms with Crippen LogP contribution in [0.2, 0.25) is 0 Å². The zero-order chi connectivity index (χ0) is 20.2. The number of carboxylic acids is 2.